The number of nitrogens with zero attached hydrogens (tertiary/aromatic N) is 1. The van der Waals surface area contributed by atoms with Gasteiger partial charge in [-0.25, -0.2) is 4.98 Å². The topological polar surface area (TPSA) is 22.1 Å². The van der Waals surface area contributed by atoms with E-state index in [1.807, 2.05) is 66.7 Å². The molecule has 0 aliphatic carbocycles. The maximum absolute atomic E-state index is 5.29. The molecule has 2 nitrogen and oxygen atoms in total. The van der Waals surface area contributed by atoms with Gasteiger partial charge in [0.05, 0.1) is 17.3 Å². The number of hydrogen-bond donors (Lipinski definition) is 0. The van der Waals surface area contributed by atoms with E-state index in [1.54, 1.807) is 18.4 Å². The van der Waals surface area contributed by atoms with Crippen LogP contribution in [-0.2, 0) is 0 Å². The summed E-state index contributed by atoms with van der Waals surface area (Å²) >= 11 is 1.67. The molecule has 0 aliphatic rings. The van der Waals surface area contributed by atoms with Crippen molar-refractivity contribution in [1.82, 2.24) is 4.98 Å². The summed E-state index contributed by atoms with van der Waals surface area (Å²) in [5.41, 5.74) is 4.00. The molecule has 0 bridgehead atoms. The van der Waals surface area contributed by atoms with E-state index >= 15 is 0 Å². The van der Waals surface area contributed by atoms with E-state index in [4.69, 9.17) is 9.72 Å². The van der Waals surface area contributed by atoms with E-state index in [1.165, 1.54) is 0 Å². The first-order valence-electron chi connectivity index (χ1n) is 7.94. The second-order valence-corrected chi connectivity index (χ2v) is 6.54. The van der Waals surface area contributed by atoms with E-state index in [-0.39, 0.29) is 0 Å². The second-order valence-electron chi connectivity index (χ2n) is 5.51. The average Bonchev–Trinajstić information content (AvgIpc) is 3.10. The van der Waals surface area contributed by atoms with E-state index in [0.717, 1.165) is 37.7 Å². The van der Waals surface area contributed by atoms with Gasteiger partial charge in [0.1, 0.15) is 10.8 Å². The van der Waals surface area contributed by atoms with Crippen LogP contribution in [0.25, 0.3) is 20.8 Å². The van der Waals surface area contributed by atoms with Gasteiger partial charge in [-0.15, -0.1) is 11.3 Å². The molecule has 1 aromatic heterocycles. The zero-order valence-corrected chi connectivity index (χ0v) is 14.5. The van der Waals surface area contributed by atoms with Crippen LogP contribution in [0.15, 0.2) is 72.8 Å². The molecule has 0 spiro atoms. The van der Waals surface area contributed by atoms with Crippen molar-refractivity contribution in [1.29, 1.82) is 0 Å². The molecule has 3 heteroatoms. The number of hydrogen-bond acceptors (Lipinski definition) is 3. The predicted molar refractivity (Wildman–Crippen MR) is 104 cm³/mol. The standard InChI is InChI=1S/C22H15NOS/c1-24-18-13-14-21-20(15-18)23-22(25-21)19-10-6-5-9-17(19)12-11-16-7-3-2-4-8-16/h2-10,13-15H,1H3. The van der Waals surface area contributed by atoms with Gasteiger partial charge in [-0.1, -0.05) is 48.2 Å². The molecule has 0 aliphatic heterocycles. The molecule has 0 fully saturated rings. The summed E-state index contributed by atoms with van der Waals surface area (Å²) in [7, 11) is 1.67. The number of benzene rings is 3. The molecule has 0 atom stereocenters. The number of ether oxygens (including phenoxy) is 1. The lowest BCUT2D eigenvalue weighted by molar-refractivity contribution is 0.415. The minimum absolute atomic E-state index is 0.821. The van der Waals surface area contributed by atoms with Crippen LogP contribution in [0.1, 0.15) is 11.1 Å². The van der Waals surface area contributed by atoms with Crippen LogP contribution >= 0.6 is 11.3 Å². The monoisotopic (exact) mass is 341 g/mol. The minimum Gasteiger partial charge on any atom is -0.497 e. The molecule has 0 radical (unpaired) electrons. The Labute approximate surface area is 150 Å². The molecule has 4 rings (SSSR count). The fraction of sp³-hybridized carbons (Fsp3) is 0.0455. The highest BCUT2D eigenvalue weighted by Gasteiger charge is 2.10. The van der Waals surface area contributed by atoms with Crippen molar-refractivity contribution in [3.8, 4) is 28.2 Å². The third kappa shape index (κ3) is 3.26. The lowest BCUT2D eigenvalue weighted by Crippen LogP contribution is -1.84. The summed E-state index contributed by atoms with van der Waals surface area (Å²) in [5, 5.41) is 0.973. The van der Waals surface area contributed by atoms with Gasteiger partial charge in [-0.3, -0.25) is 0 Å². The van der Waals surface area contributed by atoms with Gasteiger partial charge < -0.3 is 4.74 Å². The highest BCUT2D eigenvalue weighted by Crippen LogP contribution is 2.33. The van der Waals surface area contributed by atoms with Crippen LogP contribution in [-0.4, -0.2) is 12.1 Å². The lowest BCUT2D eigenvalue weighted by atomic mass is 10.1. The SMILES string of the molecule is COc1ccc2sc(-c3ccccc3C#Cc3ccccc3)nc2c1. The lowest BCUT2D eigenvalue weighted by Gasteiger charge is -1.99. The van der Waals surface area contributed by atoms with Gasteiger partial charge in [0.25, 0.3) is 0 Å². The normalized spacial score (nSPS) is 10.3. The van der Waals surface area contributed by atoms with Gasteiger partial charge >= 0.3 is 0 Å². The fourth-order valence-corrected chi connectivity index (χ4v) is 3.57. The Morgan fingerprint density at radius 2 is 1.68 bits per heavy atom. The molecule has 0 N–H and O–H groups in total. The van der Waals surface area contributed by atoms with Crippen LogP contribution in [0, 0.1) is 11.8 Å². The Balaban J connectivity index is 1.78. The maximum atomic E-state index is 5.29. The fourth-order valence-electron chi connectivity index (χ4n) is 2.59. The number of fused-ring (bicyclic) bond motifs is 1. The molecule has 3 aromatic carbocycles. The highest BCUT2D eigenvalue weighted by atomic mass is 32.1. The van der Waals surface area contributed by atoms with Gasteiger partial charge in [-0.05, 0) is 30.3 Å². The van der Waals surface area contributed by atoms with E-state index < -0.39 is 0 Å². The number of thiazole rings is 1. The Morgan fingerprint density at radius 1 is 0.880 bits per heavy atom. The predicted octanol–water partition coefficient (Wildman–Crippen LogP) is 5.37. The Hall–Kier alpha value is -3.09. The first-order chi connectivity index (χ1) is 12.3. The third-order valence-electron chi connectivity index (χ3n) is 3.87. The molecule has 0 amide bonds. The summed E-state index contributed by atoms with van der Waals surface area (Å²) in [6.45, 7) is 0. The van der Waals surface area contributed by atoms with Gasteiger partial charge in [0.15, 0.2) is 0 Å². The zero-order chi connectivity index (χ0) is 17.1. The van der Waals surface area contributed by atoms with Crippen LogP contribution in [0.3, 0.4) is 0 Å². The number of aromatic nitrogens is 1. The van der Waals surface area contributed by atoms with E-state index in [2.05, 4.69) is 17.9 Å². The number of rotatable bonds is 2. The summed E-state index contributed by atoms with van der Waals surface area (Å²) in [6, 6.07) is 24.1. The van der Waals surface area contributed by atoms with Crippen LogP contribution in [0.4, 0.5) is 0 Å². The van der Waals surface area contributed by atoms with Crippen molar-refractivity contribution < 1.29 is 4.74 Å². The van der Waals surface area contributed by atoms with Crippen molar-refractivity contribution in [2.45, 2.75) is 0 Å². The molecular weight excluding hydrogens is 326 g/mol. The van der Waals surface area contributed by atoms with Gasteiger partial charge in [-0.2, -0.15) is 0 Å². The molecule has 25 heavy (non-hydrogen) atoms. The van der Waals surface area contributed by atoms with Crippen molar-refractivity contribution in [2.24, 2.45) is 0 Å². The molecule has 0 saturated heterocycles. The maximum Gasteiger partial charge on any atom is 0.125 e. The summed E-state index contributed by atoms with van der Waals surface area (Å²) in [4.78, 5) is 4.78. The first kappa shape index (κ1) is 15.4. The second kappa shape index (κ2) is 6.80. The van der Waals surface area contributed by atoms with Crippen LogP contribution in [0.5, 0.6) is 5.75 Å². The summed E-state index contributed by atoms with van der Waals surface area (Å²) in [5.74, 6) is 7.34. The van der Waals surface area contributed by atoms with Crippen molar-refractivity contribution >= 4 is 21.6 Å². The first-order valence-corrected chi connectivity index (χ1v) is 8.76. The highest BCUT2D eigenvalue weighted by molar-refractivity contribution is 7.21. The van der Waals surface area contributed by atoms with Gasteiger partial charge in [0.2, 0.25) is 0 Å². The zero-order valence-electron chi connectivity index (χ0n) is 13.7. The Kier molecular flexibility index (Phi) is 4.20. The molecular formula is C22H15NOS. The summed E-state index contributed by atoms with van der Waals surface area (Å²) in [6.07, 6.45) is 0. The average molecular weight is 341 g/mol. The molecule has 120 valence electrons. The van der Waals surface area contributed by atoms with Crippen molar-refractivity contribution in [2.75, 3.05) is 7.11 Å². The largest absolute Gasteiger partial charge is 0.497 e. The molecule has 4 aromatic rings. The smallest absolute Gasteiger partial charge is 0.125 e. The summed E-state index contributed by atoms with van der Waals surface area (Å²) < 4.78 is 6.43. The Bertz CT molecular complexity index is 1090. The van der Waals surface area contributed by atoms with E-state index in [0.29, 0.717) is 0 Å². The van der Waals surface area contributed by atoms with Crippen LogP contribution in [0.2, 0.25) is 0 Å². The van der Waals surface area contributed by atoms with Crippen molar-refractivity contribution in [3.63, 3.8) is 0 Å². The van der Waals surface area contributed by atoms with Gasteiger partial charge in [0, 0.05) is 22.8 Å². The minimum atomic E-state index is 0.821. The molecule has 1 heterocycles. The van der Waals surface area contributed by atoms with Crippen LogP contribution < -0.4 is 4.74 Å². The van der Waals surface area contributed by atoms with E-state index in [9.17, 15) is 0 Å². The number of methoxy groups -OCH3 is 1. The quantitative estimate of drug-likeness (QED) is 0.457. The molecule has 0 unspecified atom stereocenters. The van der Waals surface area contributed by atoms with Crippen molar-refractivity contribution in [3.05, 3.63) is 83.9 Å². The molecule has 0 saturated carbocycles. The Morgan fingerprint density at radius 3 is 2.52 bits per heavy atom. The third-order valence-corrected chi connectivity index (χ3v) is 4.94.